The van der Waals surface area contributed by atoms with Crippen LogP contribution >= 0.6 is 0 Å². The molecule has 2 heterocycles. The number of amides is 1. The summed E-state index contributed by atoms with van der Waals surface area (Å²) in [4.78, 5) is 15.9. The number of rotatable bonds is 3. The van der Waals surface area contributed by atoms with Crippen LogP contribution in [0.2, 0.25) is 0 Å². The molecule has 3 aromatic rings. The third kappa shape index (κ3) is 3.06. The van der Waals surface area contributed by atoms with Crippen LogP contribution in [0.25, 0.3) is 22.5 Å². The van der Waals surface area contributed by atoms with E-state index < -0.39 is 6.09 Å². The fraction of sp³-hybridized carbons (Fsp3) is 0.118. The molecular weight excluding hydrogens is 292 g/mol. The molecule has 0 aliphatic carbocycles. The van der Waals surface area contributed by atoms with Gasteiger partial charge < -0.3 is 10.5 Å². The molecule has 3 rings (SSSR count). The normalized spacial score (nSPS) is 10.5. The van der Waals surface area contributed by atoms with E-state index in [1.807, 2.05) is 50.5 Å². The Labute approximate surface area is 133 Å². The molecule has 6 heteroatoms. The predicted octanol–water partition coefficient (Wildman–Crippen LogP) is 2.92. The molecule has 2 aromatic heterocycles. The van der Waals surface area contributed by atoms with E-state index in [0.29, 0.717) is 11.4 Å². The van der Waals surface area contributed by atoms with Crippen LogP contribution in [0.15, 0.2) is 48.8 Å². The lowest BCUT2D eigenvalue weighted by Gasteiger charge is -2.12. The van der Waals surface area contributed by atoms with Crippen LogP contribution < -0.4 is 10.5 Å². The number of carbonyl (C=O) groups is 1. The second-order valence-electron chi connectivity index (χ2n) is 5.19. The van der Waals surface area contributed by atoms with Gasteiger partial charge in [-0.25, -0.2) is 9.78 Å². The van der Waals surface area contributed by atoms with Crippen LogP contribution in [0.1, 0.15) is 5.56 Å². The van der Waals surface area contributed by atoms with Crippen molar-refractivity contribution in [2.24, 2.45) is 12.8 Å². The lowest BCUT2D eigenvalue weighted by atomic mass is 10.1. The van der Waals surface area contributed by atoms with E-state index in [9.17, 15) is 4.79 Å². The van der Waals surface area contributed by atoms with Crippen molar-refractivity contribution in [2.45, 2.75) is 6.92 Å². The zero-order valence-electron chi connectivity index (χ0n) is 12.9. The van der Waals surface area contributed by atoms with Gasteiger partial charge in [0.2, 0.25) is 0 Å². The highest BCUT2D eigenvalue weighted by molar-refractivity contribution is 5.77. The van der Waals surface area contributed by atoms with Gasteiger partial charge in [0, 0.05) is 24.4 Å². The molecule has 23 heavy (non-hydrogen) atoms. The summed E-state index contributed by atoms with van der Waals surface area (Å²) in [7, 11) is 1.85. The summed E-state index contributed by atoms with van der Waals surface area (Å²) in [6.45, 7) is 1.90. The van der Waals surface area contributed by atoms with Crippen molar-refractivity contribution in [1.82, 2.24) is 14.8 Å². The first-order chi connectivity index (χ1) is 11.0. The maximum Gasteiger partial charge on any atom is 0.410 e. The fourth-order valence-electron chi connectivity index (χ4n) is 2.41. The van der Waals surface area contributed by atoms with E-state index in [1.165, 1.54) is 0 Å². The summed E-state index contributed by atoms with van der Waals surface area (Å²) in [6, 6.07) is 11.3. The van der Waals surface area contributed by atoms with E-state index >= 15 is 0 Å². The topological polar surface area (TPSA) is 83.0 Å². The molecule has 0 aliphatic heterocycles. The van der Waals surface area contributed by atoms with E-state index in [1.54, 1.807) is 16.9 Å². The van der Waals surface area contributed by atoms with Crippen LogP contribution in [-0.4, -0.2) is 20.9 Å². The van der Waals surface area contributed by atoms with Gasteiger partial charge in [0.15, 0.2) is 5.75 Å². The average Bonchev–Trinajstić information content (AvgIpc) is 2.94. The van der Waals surface area contributed by atoms with Crippen LogP contribution in [0.5, 0.6) is 5.75 Å². The van der Waals surface area contributed by atoms with Gasteiger partial charge in [-0.05, 0) is 18.6 Å². The lowest BCUT2D eigenvalue weighted by Crippen LogP contribution is -2.17. The second kappa shape index (κ2) is 5.92. The lowest BCUT2D eigenvalue weighted by molar-refractivity contribution is 0.211. The Morgan fingerprint density at radius 1 is 1.17 bits per heavy atom. The Morgan fingerprint density at radius 3 is 2.52 bits per heavy atom. The van der Waals surface area contributed by atoms with Crippen molar-refractivity contribution in [1.29, 1.82) is 0 Å². The summed E-state index contributed by atoms with van der Waals surface area (Å²) in [5.74, 6) is 0.342. The number of ether oxygens (including phenoxy) is 1. The van der Waals surface area contributed by atoms with Crippen LogP contribution in [-0.2, 0) is 7.05 Å². The third-order valence-corrected chi connectivity index (χ3v) is 3.41. The number of pyridine rings is 1. The molecule has 6 nitrogen and oxygen atoms in total. The molecule has 116 valence electrons. The van der Waals surface area contributed by atoms with Crippen molar-refractivity contribution in [2.75, 3.05) is 0 Å². The number of nitrogens with zero attached hydrogens (tertiary/aromatic N) is 3. The molecule has 0 saturated carbocycles. The first kappa shape index (κ1) is 14.8. The zero-order chi connectivity index (χ0) is 16.4. The molecule has 0 radical (unpaired) electrons. The largest absolute Gasteiger partial charge is 0.410 e. The van der Waals surface area contributed by atoms with Gasteiger partial charge in [-0.3, -0.25) is 4.68 Å². The Kier molecular flexibility index (Phi) is 3.80. The summed E-state index contributed by atoms with van der Waals surface area (Å²) in [5.41, 5.74) is 9.13. The standard InChI is InChI=1S/C17H16N4O2/c1-11-8-14(23-17(18)22)16(12-6-4-3-5-7-12)20-15(11)13-9-19-21(2)10-13/h3-10H,1-2H3,(H2,18,22). The highest BCUT2D eigenvalue weighted by Crippen LogP contribution is 2.33. The van der Waals surface area contributed by atoms with Gasteiger partial charge in [-0.15, -0.1) is 0 Å². The summed E-state index contributed by atoms with van der Waals surface area (Å²) in [5, 5.41) is 4.18. The van der Waals surface area contributed by atoms with Gasteiger partial charge in [0.1, 0.15) is 5.69 Å². The van der Waals surface area contributed by atoms with Gasteiger partial charge in [0.05, 0.1) is 11.9 Å². The van der Waals surface area contributed by atoms with Gasteiger partial charge in [-0.1, -0.05) is 30.3 Å². The maximum absolute atomic E-state index is 11.2. The first-order valence-corrected chi connectivity index (χ1v) is 7.08. The Balaban J connectivity index is 2.19. The number of aryl methyl sites for hydroxylation is 2. The molecule has 0 saturated heterocycles. The molecule has 2 N–H and O–H groups in total. The highest BCUT2D eigenvalue weighted by Gasteiger charge is 2.16. The average molecular weight is 308 g/mol. The molecule has 0 aliphatic rings. The number of primary amides is 1. The number of carbonyl (C=O) groups excluding carboxylic acids is 1. The Hall–Kier alpha value is -3.15. The van der Waals surface area contributed by atoms with Crippen LogP contribution in [0.3, 0.4) is 0 Å². The minimum atomic E-state index is -0.863. The van der Waals surface area contributed by atoms with Crippen molar-refractivity contribution < 1.29 is 9.53 Å². The quantitative estimate of drug-likeness (QED) is 0.806. The minimum absolute atomic E-state index is 0.342. The Bertz CT molecular complexity index is 856. The number of benzene rings is 1. The van der Waals surface area contributed by atoms with Crippen molar-refractivity contribution >= 4 is 6.09 Å². The van der Waals surface area contributed by atoms with E-state index in [0.717, 1.165) is 22.4 Å². The maximum atomic E-state index is 11.2. The minimum Gasteiger partial charge on any atom is -0.408 e. The molecule has 0 atom stereocenters. The van der Waals surface area contributed by atoms with E-state index in [-0.39, 0.29) is 0 Å². The molecule has 0 spiro atoms. The number of nitrogens with two attached hydrogens (primary N) is 1. The molecule has 0 unspecified atom stereocenters. The molecule has 0 fully saturated rings. The smallest absolute Gasteiger partial charge is 0.408 e. The van der Waals surface area contributed by atoms with Gasteiger partial charge in [-0.2, -0.15) is 5.10 Å². The third-order valence-electron chi connectivity index (χ3n) is 3.41. The Morgan fingerprint density at radius 2 is 1.91 bits per heavy atom. The van der Waals surface area contributed by atoms with Gasteiger partial charge >= 0.3 is 6.09 Å². The second-order valence-corrected chi connectivity index (χ2v) is 5.19. The number of hydrogen-bond donors (Lipinski definition) is 1. The number of hydrogen-bond acceptors (Lipinski definition) is 4. The van der Waals surface area contributed by atoms with Crippen molar-refractivity contribution in [3.8, 4) is 28.3 Å². The summed E-state index contributed by atoms with van der Waals surface area (Å²) < 4.78 is 6.85. The highest BCUT2D eigenvalue weighted by atomic mass is 16.5. The summed E-state index contributed by atoms with van der Waals surface area (Å²) >= 11 is 0. The molecule has 0 bridgehead atoms. The zero-order valence-corrected chi connectivity index (χ0v) is 12.9. The van der Waals surface area contributed by atoms with E-state index in [2.05, 4.69) is 5.10 Å². The summed E-state index contributed by atoms with van der Waals surface area (Å²) in [6.07, 6.45) is 2.77. The van der Waals surface area contributed by atoms with Gasteiger partial charge in [0.25, 0.3) is 0 Å². The fourth-order valence-corrected chi connectivity index (χ4v) is 2.41. The van der Waals surface area contributed by atoms with Crippen molar-refractivity contribution in [3.05, 3.63) is 54.4 Å². The predicted molar refractivity (Wildman–Crippen MR) is 86.8 cm³/mol. The van der Waals surface area contributed by atoms with Crippen LogP contribution in [0.4, 0.5) is 4.79 Å². The molecule has 1 aromatic carbocycles. The SMILES string of the molecule is Cc1cc(OC(N)=O)c(-c2ccccc2)nc1-c1cnn(C)c1. The molecular formula is C17H16N4O2. The number of aromatic nitrogens is 3. The van der Waals surface area contributed by atoms with E-state index in [4.69, 9.17) is 15.5 Å². The van der Waals surface area contributed by atoms with Crippen LogP contribution in [0, 0.1) is 6.92 Å². The first-order valence-electron chi connectivity index (χ1n) is 7.08. The monoisotopic (exact) mass is 308 g/mol. The molecule has 1 amide bonds. The van der Waals surface area contributed by atoms with Crippen molar-refractivity contribution in [3.63, 3.8) is 0 Å².